The molecule has 0 spiro atoms. The largest absolute Gasteiger partial charge is 0.497 e. The van der Waals surface area contributed by atoms with Crippen LogP contribution < -0.4 is 19.7 Å². The molecule has 2 N–H and O–H groups in total. The van der Waals surface area contributed by atoms with E-state index in [1.807, 2.05) is 49.1 Å². The van der Waals surface area contributed by atoms with E-state index in [0.29, 0.717) is 41.4 Å². The molecule has 1 heterocycles. The Labute approximate surface area is 211 Å². The first-order valence-corrected chi connectivity index (χ1v) is 13.1. The van der Waals surface area contributed by atoms with Crippen molar-refractivity contribution in [2.75, 3.05) is 35.1 Å². The number of methoxy groups -OCH3 is 1. The summed E-state index contributed by atoms with van der Waals surface area (Å²) in [5.74, 6) is 0.191. The van der Waals surface area contributed by atoms with Gasteiger partial charge in [0.25, 0.3) is 15.9 Å². The molecule has 0 aliphatic carbocycles. The van der Waals surface area contributed by atoms with Crippen LogP contribution in [0, 0.1) is 0 Å². The molecule has 186 valence electrons. The summed E-state index contributed by atoms with van der Waals surface area (Å²) in [7, 11) is -2.44. The van der Waals surface area contributed by atoms with Crippen LogP contribution in [-0.2, 0) is 10.0 Å². The number of hydrogen-bond donors (Lipinski definition) is 2. The third-order valence-corrected chi connectivity index (χ3v) is 7.20. The van der Waals surface area contributed by atoms with E-state index in [1.54, 1.807) is 49.6 Å². The van der Waals surface area contributed by atoms with Gasteiger partial charge in [0.2, 0.25) is 0 Å². The second-order valence-electron chi connectivity index (χ2n) is 8.03. The normalized spacial score (nSPS) is 11.2. The molecule has 9 heteroatoms. The van der Waals surface area contributed by atoms with Crippen molar-refractivity contribution < 1.29 is 17.9 Å². The molecule has 4 aromatic rings. The fourth-order valence-corrected chi connectivity index (χ4v) is 5.20. The zero-order valence-electron chi connectivity index (χ0n) is 20.4. The van der Waals surface area contributed by atoms with E-state index in [2.05, 4.69) is 15.0 Å². The van der Waals surface area contributed by atoms with Gasteiger partial charge in [0.05, 0.1) is 18.3 Å². The van der Waals surface area contributed by atoms with Crippen LogP contribution in [0.15, 0.2) is 83.8 Å². The van der Waals surface area contributed by atoms with E-state index in [0.717, 1.165) is 5.39 Å². The van der Waals surface area contributed by atoms with Gasteiger partial charge in [-0.25, -0.2) is 13.4 Å². The molecular weight excluding hydrogens is 476 g/mol. The molecule has 0 radical (unpaired) electrons. The maximum Gasteiger partial charge on any atom is 0.274 e. The van der Waals surface area contributed by atoms with E-state index < -0.39 is 15.9 Å². The Morgan fingerprint density at radius 2 is 1.61 bits per heavy atom. The van der Waals surface area contributed by atoms with Crippen LogP contribution >= 0.6 is 0 Å². The molecule has 4 rings (SSSR count). The predicted octanol–water partition coefficient (Wildman–Crippen LogP) is 5.14. The second-order valence-corrected chi connectivity index (χ2v) is 9.68. The summed E-state index contributed by atoms with van der Waals surface area (Å²) in [6.07, 6.45) is 0. The van der Waals surface area contributed by atoms with Gasteiger partial charge in [-0.15, -0.1) is 0 Å². The summed E-state index contributed by atoms with van der Waals surface area (Å²) in [5, 5.41) is 3.71. The smallest absolute Gasteiger partial charge is 0.274 e. The first-order chi connectivity index (χ1) is 17.3. The quantitative estimate of drug-likeness (QED) is 0.327. The van der Waals surface area contributed by atoms with Gasteiger partial charge in [-0.1, -0.05) is 24.3 Å². The van der Waals surface area contributed by atoms with Crippen LogP contribution in [0.4, 0.5) is 17.1 Å². The number of carbonyl (C=O) groups is 1. The van der Waals surface area contributed by atoms with Crippen molar-refractivity contribution in [2.24, 2.45) is 0 Å². The molecule has 0 atom stereocenters. The van der Waals surface area contributed by atoms with Crippen LogP contribution in [0.3, 0.4) is 0 Å². The number of nitrogens with one attached hydrogen (secondary N) is 2. The number of ether oxygens (including phenoxy) is 1. The number of benzene rings is 3. The van der Waals surface area contributed by atoms with Crippen molar-refractivity contribution in [1.82, 2.24) is 4.98 Å². The average Bonchev–Trinajstić information content (AvgIpc) is 2.90. The number of amides is 1. The van der Waals surface area contributed by atoms with Crippen molar-refractivity contribution >= 4 is 43.9 Å². The van der Waals surface area contributed by atoms with Gasteiger partial charge in [-0.05, 0) is 68.4 Å². The summed E-state index contributed by atoms with van der Waals surface area (Å²) in [6.45, 7) is 5.15. The Hall–Kier alpha value is -4.11. The van der Waals surface area contributed by atoms with E-state index >= 15 is 0 Å². The summed E-state index contributed by atoms with van der Waals surface area (Å²) in [4.78, 5) is 19.4. The Kier molecular flexibility index (Phi) is 7.40. The number of pyridine rings is 1. The average molecular weight is 505 g/mol. The van der Waals surface area contributed by atoms with E-state index in [1.165, 1.54) is 6.07 Å². The molecule has 0 bridgehead atoms. The number of carbonyl (C=O) groups excluding carboxylic acids is 1. The topological polar surface area (TPSA) is 101 Å². The number of fused-ring (bicyclic) bond motifs is 1. The maximum atomic E-state index is 13.5. The van der Waals surface area contributed by atoms with Gasteiger partial charge in [0, 0.05) is 29.9 Å². The van der Waals surface area contributed by atoms with Crippen LogP contribution in [0.2, 0.25) is 0 Å². The summed E-state index contributed by atoms with van der Waals surface area (Å²) >= 11 is 0. The van der Waals surface area contributed by atoms with Crippen molar-refractivity contribution in [3.05, 3.63) is 84.6 Å². The number of rotatable bonds is 9. The number of anilines is 3. The minimum atomic E-state index is -3.98. The Morgan fingerprint density at radius 3 is 2.31 bits per heavy atom. The van der Waals surface area contributed by atoms with Crippen molar-refractivity contribution in [1.29, 1.82) is 0 Å². The lowest BCUT2D eigenvalue weighted by Gasteiger charge is -2.25. The highest BCUT2D eigenvalue weighted by Crippen LogP contribution is 2.31. The molecule has 0 saturated carbocycles. The lowest BCUT2D eigenvalue weighted by Crippen LogP contribution is -2.26. The first kappa shape index (κ1) is 25.0. The zero-order valence-corrected chi connectivity index (χ0v) is 21.2. The number of nitrogens with zero attached hydrogens (tertiary/aromatic N) is 2. The van der Waals surface area contributed by atoms with Gasteiger partial charge in [0.1, 0.15) is 16.3 Å². The van der Waals surface area contributed by atoms with Crippen LogP contribution in [0.1, 0.15) is 24.3 Å². The molecule has 0 aliphatic rings. The van der Waals surface area contributed by atoms with Crippen LogP contribution in [0.25, 0.3) is 10.9 Å². The van der Waals surface area contributed by atoms with Gasteiger partial charge in [-0.3, -0.25) is 9.52 Å². The van der Waals surface area contributed by atoms with E-state index in [9.17, 15) is 13.2 Å². The van der Waals surface area contributed by atoms with Crippen LogP contribution in [0.5, 0.6) is 5.75 Å². The maximum absolute atomic E-state index is 13.5. The molecule has 3 aromatic carbocycles. The van der Waals surface area contributed by atoms with E-state index in [-0.39, 0.29) is 10.6 Å². The van der Waals surface area contributed by atoms with Crippen LogP contribution in [-0.4, -0.2) is 39.5 Å². The number of hydrogen-bond acceptors (Lipinski definition) is 6. The SMILES string of the molecule is CCN(CC)c1ccc(NC(=O)c2ccc3ccccc3n2)cc1S(=O)(=O)Nc1ccc(OC)cc1. The predicted molar refractivity (Wildman–Crippen MR) is 144 cm³/mol. The lowest BCUT2D eigenvalue weighted by molar-refractivity contribution is 0.102. The molecule has 0 unspecified atom stereocenters. The van der Waals surface area contributed by atoms with Crippen molar-refractivity contribution in [3.63, 3.8) is 0 Å². The van der Waals surface area contributed by atoms with Crippen molar-refractivity contribution in [2.45, 2.75) is 18.7 Å². The molecule has 0 aliphatic heterocycles. The van der Waals surface area contributed by atoms with E-state index in [4.69, 9.17) is 4.74 Å². The highest BCUT2D eigenvalue weighted by Gasteiger charge is 2.23. The highest BCUT2D eigenvalue weighted by atomic mass is 32.2. The fraction of sp³-hybridized carbons (Fsp3) is 0.185. The third-order valence-electron chi connectivity index (χ3n) is 5.78. The summed E-state index contributed by atoms with van der Waals surface area (Å²) < 4.78 is 34.7. The Morgan fingerprint density at radius 1 is 0.917 bits per heavy atom. The summed E-state index contributed by atoms with van der Waals surface area (Å²) in [6, 6.07) is 22.5. The Balaban J connectivity index is 1.67. The molecule has 1 aromatic heterocycles. The molecule has 1 amide bonds. The molecule has 0 saturated heterocycles. The fourth-order valence-electron chi connectivity index (χ4n) is 3.89. The molecular formula is C27H28N4O4S. The van der Waals surface area contributed by atoms with Gasteiger partial charge in [0.15, 0.2) is 0 Å². The minimum absolute atomic E-state index is 0.0614. The van der Waals surface area contributed by atoms with Gasteiger partial charge < -0.3 is 15.0 Å². The number of aromatic nitrogens is 1. The number of para-hydroxylation sites is 1. The monoisotopic (exact) mass is 504 g/mol. The Bertz CT molecular complexity index is 1480. The molecule has 0 fully saturated rings. The summed E-state index contributed by atoms with van der Waals surface area (Å²) in [5.41, 5.74) is 2.23. The van der Waals surface area contributed by atoms with Gasteiger partial charge in [-0.2, -0.15) is 0 Å². The molecule has 36 heavy (non-hydrogen) atoms. The standard InChI is InChI=1S/C27H28N4O4S/c1-4-31(5-2)25-17-13-21(28-27(32)24-16-10-19-8-6-7-9-23(19)29-24)18-26(25)36(33,34)30-20-11-14-22(35-3)15-12-20/h6-18,30H,4-5H2,1-3H3,(H,28,32). The number of sulfonamides is 1. The van der Waals surface area contributed by atoms with Gasteiger partial charge >= 0.3 is 0 Å². The highest BCUT2D eigenvalue weighted by molar-refractivity contribution is 7.92. The third kappa shape index (κ3) is 5.41. The minimum Gasteiger partial charge on any atom is -0.497 e. The first-order valence-electron chi connectivity index (χ1n) is 11.6. The zero-order chi connectivity index (χ0) is 25.7. The second kappa shape index (κ2) is 10.7. The lowest BCUT2D eigenvalue weighted by atomic mass is 10.2. The molecule has 8 nitrogen and oxygen atoms in total. The van der Waals surface area contributed by atoms with Crippen molar-refractivity contribution in [3.8, 4) is 5.75 Å².